The Kier molecular flexibility index (Phi) is 1.25. The van der Waals surface area contributed by atoms with Crippen molar-refractivity contribution in [3.63, 3.8) is 0 Å². The van der Waals surface area contributed by atoms with Gasteiger partial charge in [-0.1, -0.05) is 0 Å². The van der Waals surface area contributed by atoms with Gasteiger partial charge in [-0.2, -0.15) is 4.37 Å². The van der Waals surface area contributed by atoms with Crippen molar-refractivity contribution in [1.29, 1.82) is 0 Å². The molecule has 0 radical (unpaired) electrons. The molecule has 0 saturated heterocycles. The Bertz CT molecular complexity index is 394. The van der Waals surface area contributed by atoms with Crippen LogP contribution in [0.5, 0.6) is 0 Å². The minimum absolute atomic E-state index is 0.635. The predicted molar refractivity (Wildman–Crippen MR) is 44.4 cm³/mol. The molecule has 0 unspecified atom stereocenters. The number of hydrogen-bond donors (Lipinski definition) is 1. The highest BCUT2D eigenvalue weighted by Gasteiger charge is 2.03. The fourth-order valence-electron chi connectivity index (χ4n) is 0.839. The molecule has 0 bridgehead atoms. The van der Waals surface area contributed by atoms with E-state index in [2.05, 4.69) is 14.3 Å². The van der Waals surface area contributed by atoms with Gasteiger partial charge in [-0.3, -0.25) is 0 Å². The Labute approximate surface area is 67.3 Å². The fraction of sp³-hybridized carbons (Fsp3) is 0.167. The van der Waals surface area contributed by atoms with Crippen LogP contribution in [0.1, 0.15) is 5.69 Å². The summed E-state index contributed by atoms with van der Waals surface area (Å²) < 4.78 is 4.00. The summed E-state index contributed by atoms with van der Waals surface area (Å²) in [4.78, 5) is 8.25. The van der Waals surface area contributed by atoms with Gasteiger partial charge in [0.05, 0.1) is 11.9 Å². The van der Waals surface area contributed by atoms with Crippen LogP contribution in [0, 0.1) is 6.92 Å². The molecule has 0 aliphatic heterocycles. The van der Waals surface area contributed by atoms with Gasteiger partial charge >= 0.3 is 0 Å². The molecule has 56 valence electrons. The van der Waals surface area contributed by atoms with Crippen LogP contribution in [0.4, 0.5) is 5.00 Å². The summed E-state index contributed by atoms with van der Waals surface area (Å²) in [6.45, 7) is 1.88. The molecular weight excluding hydrogens is 160 g/mol. The molecule has 4 nitrogen and oxygen atoms in total. The Morgan fingerprint density at radius 3 is 3.18 bits per heavy atom. The molecule has 0 fully saturated rings. The second-order valence-corrected chi connectivity index (χ2v) is 3.04. The largest absolute Gasteiger partial charge is 0.387 e. The van der Waals surface area contributed by atoms with Gasteiger partial charge in [0.2, 0.25) is 0 Å². The summed E-state index contributed by atoms with van der Waals surface area (Å²) in [5, 5.41) is 0.635. The molecule has 0 spiro atoms. The van der Waals surface area contributed by atoms with Crippen molar-refractivity contribution in [2.24, 2.45) is 0 Å². The Morgan fingerprint density at radius 1 is 1.55 bits per heavy atom. The Balaban J connectivity index is 2.87. The molecule has 0 saturated carbocycles. The van der Waals surface area contributed by atoms with Crippen LogP contribution in [0.25, 0.3) is 11.2 Å². The lowest BCUT2D eigenvalue weighted by atomic mass is 10.4. The maximum absolute atomic E-state index is 5.60. The zero-order chi connectivity index (χ0) is 7.84. The number of nitrogen functional groups attached to an aromatic ring is 1. The summed E-state index contributed by atoms with van der Waals surface area (Å²) in [6, 6.07) is 0. The van der Waals surface area contributed by atoms with E-state index < -0.39 is 0 Å². The first kappa shape index (κ1) is 6.48. The molecular formula is C6H6N4S. The first-order chi connectivity index (χ1) is 5.27. The third-order valence-electron chi connectivity index (χ3n) is 1.34. The lowest BCUT2D eigenvalue weighted by molar-refractivity contribution is 1.18. The molecule has 0 atom stereocenters. The molecule has 0 aromatic carbocycles. The quantitative estimate of drug-likeness (QED) is 0.633. The van der Waals surface area contributed by atoms with Gasteiger partial charge in [-0.25, -0.2) is 9.97 Å². The third-order valence-corrected chi connectivity index (χ3v) is 1.99. The van der Waals surface area contributed by atoms with Gasteiger partial charge in [-0.15, -0.1) is 0 Å². The van der Waals surface area contributed by atoms with E-state index in [1.165, 1.54) is 11.5 Å². The van der Waals surface area contributed by atoms with Gasteiger partial charge < -0.3 is 5.73 Å². The zero-order valence-electron chi connectivity index (χ0n) is 5.90. The molecule has 2 N–H and O–H groups in total. The molecule has 0 aliphatic rings. The maximum Gasteiger partial charge on any atom is 0.193 e. The second kappa shape index (κ2) is 2.13. The second-order valence-electron chi connectivity index (χ2n) is 2.23. The number of fused-ring (bicyclic) bond motifs is 1. The third kappa shape index (κ3) is 0.932. The number of aryl methyl sites for hydroxylation is 1. The highest BCUT2D eigenvalue weighted by atomic mass is 32.1. The smallest absolute Gasteiger partial charge is 0.193 e. The van der Waals surface area contributed by atoms with Gasteiger partial charge in [0, 0.05) is 0 Å². The molecule has 2 aromatic heterocycles. The minimum atomic E-state index is 0.635. The summed E-state index contributed by atoms with van der Waals surface area (Å²) in [5.74, 6) is 0. The molecule has 5 heteroatoms. The van der Waals surface area contributed by atoms with Crippen LogP contribution in [-0.4, -0.2) is 14.3 Å². The predicted octanol–water partition coefficient (Wildman–Crippen LogP) is 0.977. The van der Waals surface area contributed by atoms with Crippen LogP contribution in [-0.2, 0) is 0 Å². The van der Waals surface area contributed by atoms with Crippen LogP contribution < -0.4 is 5.73 Å². The van der Waals surface area contributed by atoms with Crippen LogP contribution in [0.2, 0.25) is 0 Å². The average molecular weight is 166 g/mol. The highest BCUT2D eigenvalue weighted by molar-refractivity contribution is 7.11. The van der Waals surface area contributed by atoms with Gasteiger partial charge in [0.25, 0.3) is 0 Å². The molecule has 2 heterocycles. The van der Waals surface area contributed by atoms with E-state index >= 15 is 0 Å². The van der Waals surface area contributed by atoms with Crippen molar-refractivity contribution < 1.29 is 0 Å². The normalized spacial score (nSPS) is 10.6. The fourth-order valence-corrected chi connectivity index (χ4v) is 1.38. The van der Waals surface area contributed by atoms with E-state index in [4.69, 9.17) is 5.73 Å². The maximum atomic E-state index is 5.60. The molecule has 2 aromatic rings. The van der Waals surface area contributed by atoms with E-state index in [1.807, 2.05) is 6.92 Å². The Hall–Kier alpha value is -1.23. The number of anilines is 1. The van der Waals surface area contributed by atoms with E-state index in [0.717, 1.165) is 11.2 Å². The van der Waals surface area contributed by atoms with Crippen molar-refractivity contribution >= 4 is 27.7 Å². The number of nitrogens with two attached hydrogens (primary N) is 1. The SMILES string of the molecule is Cc1cnc2nsc(N)c2n1. The number of nitrogens with zero attached hydrogens (tertiary/aromatic N) is 3. The van der Waals surface area contributed by atoms with Gasteiger partial charge in [0.15, 0.2) is 5.65 Å². The highest BCUT2D eigenvalue weighted by Crippen LogP contribution is 2.20. The van der Waals surface area contributed by atoms with Gasteiger partial charge in [-0.05, 0) is 18.5 Å². The van der Waals surface area contributed by atoms with Crippen molar-refractivity contribution in [1.82, 2.24) is 14.3 Å². The van der Waals surface area contributed by atoms with E-state index in [-0.39, 0.29) is 0 Å². The molecule has 2 rings (SSSR count). The molecule has 0 amide bonds. The lowest BCUT2D eigenvalue weighted by Crippen LogP contribution is -1.87. The number of hydrogen-bond acceptors (Lipinski definition) is 5. The average Bonchev–Trinajstić information content (AvgIpc) is 2.33. The first-order valence-electron chi connectivity index (χ1n) is 3.12. The molecule has 0 aliphatic carbocycles. The standard InChI is InChI=1S/C6H6N4S/c1-3-2-8-6-4(9-3)5(7)11-10-6/h2H,7H2,1H3. The summed E-state index contributed by atoms with van der Waals surface area (Å²) in [5.41, 5.74) is 7.82. The molecule has 11 heavy (non-hydrogen) atoms. The van der Waals surface area contributed by atoms with Crippen LogP contribution in [0.3, 0.4) is 0 Å². The Morgan fingerprint density at radius 2 is 2.36 bits per heavy atom. The number of aromatic nitrogens is 3. The monoisotopic (exact) mass is 166 g/mol. The zero-order valence-corrected chi connectivity index (χ0v) is 6.72. The number of rotatable bonds is 0. The van der Waals surface area contributed by atoms with Crippen molar-refractivity contribution in [2.75, 3.05) is 5.73 Å². The summed E-state index contributed by atoms with van der Waals surface area (Å²) >= 11 is 1.23. The van der Waals surface area contributed by atoms with E-state index in [1.54, 1.807) is 6.20 Å². The van der Waals surface area contributed by atoms with Gasteiger partial charge in [0.1, 0.15) is 10.5 Å². The van der Waals surface area contributed by atoms with Crippen molar-refractivity contribution in [3.8, 4) is 0 Å². The van der Waals surface area contributed by atoms with Crippen molar-refractivity contribution in [2.45, 2.75) is 6.92 Å². The van der Waals surface area contributed by atoms with Crippen LogP contribution in [0.15, 0.2) is 6.20 Å². The summed E-state index contributed by atoms with van der Waals surface area (Å²) in [7, 11) is 0. The summed E-state index contributed by atoms with van der Waals surface area (Å²) in [6.07, 6.45) is 1.68. The van der Waals surface area contributed by atoms with E-state index in [9.17, 15) is 0 Å². The topological polar surface area (TPSA) is 64.7 Å². The first-order valence-corrected chi connectivity index (χ1v) is 3.89. The lowest BCUT2D eigenvalue weighted by Gasteiger charge is -1.89. The van der Waals surface area contributed by atoms with Crippen LogP contribution >= 0.6 is 11.5 Å². The van der Waals surface area contributed by atoms with E-state index in [0.29, 0.717) is 10.6 Å². The van der Waals surface area contributed by atoms with Crippen molar-refractivity contribution in [3.05, 3.63) is 11.9 Å². The minimum Gasteiger partial charge on any atom is -0.387 e.